The largest absolute Gasteiger partial charge is 0.416 e. The third-order valence-electron chi connectivity index (χ3n) is 3.67. The van der Waals surface area contributed by atoms with Crippen molar-refractivity contribution in [2.75, 3.05) is 17.2 Å². The highest BCUT2D eigenvalue weighted by atomic mass is 19.4. The second-order valence-electron chi connectivity index (χ2n) is 5.58. The van der Waals surface area contributed by atoms with Crippen LogP contribution in [0.5, 0.6) is 0 Å². The Hall–Kier alpha value is -1.46. The van der Waals surface area contributed by atoms with Gasteiger partial charge in [-0.2, -0.15) is 13.2 Å². The molecule has 1 aliphatic carbocycles. The SMILES string of the molecule is CCNc1cc(C(F)(F)F)cc(NC(CC)CC2CC2)n1. The lowest BCUT2D eigenvalue weighted by Crippen LogP contribution is -2.21. The first-order chi connectivity index (χ1) is 9.92. The van der Waals surface area contributed by atoms with Crippen LogP contribution in [0, 0.1) is 5.92 Å². The molecule has 1 heterocycles. The Balaban J connectivity index is 2.17. The van der Waals surface area contributed by atoms with Gasteiger partial charge in [-0.05, 0) is 37.8 Å². The number of hydrogen-bond acceptors (Lipinski definition) is 3. The quantitative estimate of drug-likeness (QED) is 0.777. The summed E-state index contributed by atoms with van der Waals surface area (Å²) in [6, 6.07) is 2.33. The van der Waals surface area contributed by atoms with Gasteiger partial charge >= 0.3 is 6.18 Å². The first kappa shape index (κ1) is 15.9. The van der Waals surface area contributed by atoms with Crippen LogP contribution in [-0.2, 0) is 6.18 Å². The van der Waals surface area contributed by atoms with Crippen LogP contribution < -0.4 is 10.6 Å². The molecular weight excluding hydrogens is 279 g/mol. The fraction of sp³-hybridized carbons (Fsp3) is 0.667. The van der Waals surface area contributed by atoms with E-state index in [0.29, 0.717) is 12.4 Å². The third kappa shape index (κ3) is 4.79. The monoisotopic (exact) mass is 301 g/mol. The minimum atomic E-state index is -4.36. The molecule has 3 nitrogen and oxygen atoms in total. The zero-order chi connectivity index (χ0) is 15.5. The summed E-state index contributed by atoms with van der Waals surface area (Å²) in [4.78, 5) is 4.23. The second kappa shape index (κ2) is 6.54. The lowest BCUT2D eigenvalue weighted by atomic mass is 10.1. The van der Waals surface area contributed by atoms with Gasteiger partial charge in [-0.15, -0.1) is 0 Å². The summed E-state index contributed by atoms with van der Waals surface area (Å²) < 4.78 is 38.8. The molecule has 0 bridgehead atoms. The molecule has 1 atom stereocenters. The van der Waals surface area contributed by atoms with Crippen molar-refractivity contribution < 1.29 is 13.2 Å². The van der Waals surface area contributed by atoms with Gasteiger partial charge in [-0.25, -0.2) is 4.98 Å². The molecule has 0 radical (unpaired) electrons. The molecule has 0 aromatic carbocycles. The number of hydrogen-bond donors (Lipinski definition) is 2. The first-order valence-electron chi connectivity index (χ1n) is 7.52. The summed E-state index contributed by atoms with van der Waals surface area (Å²) in [5, 5.41) is 6.01. The molecule has 1 fully saturated rings. The smallest absolute Gasteiger partial charge is 0.370 e. The number of nitrogens with zero attached hydrogens (tertiary/aromatic N) is 1. The third-order valence-corrected chi connectivity index (χ3v) is 3.67. The zero-order valence-corrected chi connectivity index (χ0v) is 12.4. The second-order valence-corrected chi connectivity index (χ2v) is 5.58. The topological polar surface area (TPSA) is 37.0 Å². The molecular formula is C15H22F3N3. The molecule has 0 spiro atoms. The molecule has 2 N–H and O–H groups in total. The Morgan fingerprint density at radius 1 is 1.24 bits per heavy atom. The fourth-order valence-corrected chi connectivity index (χ4v) is 2.33. The highest BCUT2D eigenvalue weighted by Crippen LogP contribution is 2.36. The van der Waals surface area contributed by atoms with Gasteiger partial charge in [0, 0.05) is 12.6 Å². The summed E-state index contributed by atoms with van der Waals surface area (Å²) in [5.41, 5.74) is -0.669. The van der Waals surface area contributed by atoms with Crippen molar-refractivity contribution >= 4 is 11.6 Å². The predicted molar refractivity (Wildman–Crippen MR) is 78.4 cm³/mol. The van der Waals surface area contributed by atoms with Crippen LogP contribution in [0.1, 0.15) is 45.1 Å². The highest BCUT2D eigenvalue weighted by molar-refractivity contribution is 5.50. The number of anilines is 2. The van der Waals surface area contributed by atoms with E-state index in [9.17, 15) is 13.2 Å². The molecule has 0 amide bonds. The van der Waals surface area contributed by atoms with Crippen molar-refractivity contribution in [1.82, 2.24) is 4.98 Å². The van der Waals surface area contributed by atoms with Crippen LogP contribution in [0.3, 0.4) is 0 Å². The predicted octanol–water partition coefficient (Wildman–Crippen LogP) is 4.52. The van der Waals surface area contributed by atoms with E-state index in [1.807, 2.05) is 13.8 Å². The first-order valence-corrected chi connectivity index (χ1v) is 7.52. The van der Waals surface area contributed by atoms with Crippen LogP contribution in [0.4, 0.5) is 24.8 Å². The van der Waals surface area contributed by atoms with E-state index in [0.717, 1.165) is 30.9 Å². The minimum Gasteiger partial charge on any atom is -0.370 e. The average Bonchev–Trinajstić information content (AvgIpc) is 3.21. The summed E-state index contributed by atoms with van der Waals surface area (Å²) in [7, 11) is 0. The molecule has 6 heteroatoms. The van der Waals surface area contributed by atoms with E-state index in [4.69, 9.17) is 0 Å². The van der Waals surface area contributed by atoms with Crippen molar-refractivity contribution in [3.63, 3.8) is 0 Å². The Morgan fingerprint density at radius 2 is 1.90 bits per heavy atom. The highest BCUT2D eigenvalue weighted by Gasteiger charge is 2.32. The number of aromatic nitrogens is 1. The minimum absolute atomic E-state index is 0.183. The summed E-state index contributed by atoms with van der Waals surface area (Å²) in [5.74, 6) is 1.28. The van der Waals surface area contributed by atoms with Gasteiger partial charge < -0.3 is 10.6 Å². The Bertz CT molecular complexity index is 470. The number of pyridine rings is 1. The molecule has 1 unspecified atom stereocenters. The molecule has 21 heavy (non-hydrogen) atoms. The van der Waals surface area contributed by atoms with Gasteiger partial charge in [0.05, 0.1) is 5.56 Å². The molecule has 0 saturated heterocycles. The van der Waals surface area contributed by atoms with Gasteiger partial charge in [0.15, 0.2) is 0 Å². The van der Waals surface area contributed by atoms with Crippen molar-refractivity contribution in [2.45, 2.75) is 51.7 Å². The van der Waals surface area contributed by atoms with Crippen LogP contribution in [0.15, 0.2) is 12.1 Å². The van der Waals surface area contributed by atoms with Gasteiger partial charge in [-0.1, -0.05) is 19.8 Å². The van der Waals surface area contributed by atoms with Crippen LogP contribution in [0.2, 0.25) is 0 Å². The average molecular weight is 301 g/mol. The maximum Gasteiger partial charge on any atom is 0.416 e. The van der Waals surface area contributed by atoms with Gasteiger partial charge in [0.1, 0.15) is 11.6 Å². The van der Waals surface area contributed by atoms with E-state index in [1.165, 1.54) is 12.8 Å². The molecule has 118 valence electrons. The summed E-state index contributed by atoms with van der Waals surface area (Å²) in [6.45, 7) is 4.41. The van der Waals surface area contributed by atoms with Crippen molar-refractivity contribution in [3.8, 4) is 0 Å². The fourth-order valence-electron chi connectivity index (χ4n) is 2.33. The van der Waals surface area contributed by atoms with Gasteiger partial charge in [0.2, 0.25) is 0 Å². The zero-order valence-electron chi connectivity index (χ0n) is 12.4. The van der Waals surface area contributed by atoms with Crippen molar-refractivity contribution in [3.05, 3.63) is 17.7 Å². The lowest BCUT2D eigenvalue weighted by molar-refractivity contribution is -0.137. The number of halogens is 3. The normalized spacial score (nSPS) is 16.6. The molecule has 0 aliphatic heterocycles. The van der Waals surface area contributed by atoms with Gasteiger partial charge in [0.25, 0.3) is 0 Å². The molecule has 1 aromatic rings. The maximum absolute atomic E-state index is 12.9. The number of nitrogens with one attached hydrogen (secondary N) is 2. The Labute approximate surface area is 123 Å². The molecule has 1 saturated carbocycles. The van der Waals surface area contributed by atoms with Gasteiger partial charge in [-0.3, -0.25) is 0 Å². The standard InChI is InChI=1S/C15H22F3N3/c1-3-12(7-10-5-6-10)20-14-9-11(15(16,17)18)8-13(21-14)19-4-2/h8-10,12H,3-7H2,1-2H3,(H2,19,20,21). The Kier molecular flexibility index (Phi) is 4.96. The van der Waals surface area contributed by atoms with E-state index in [-0.39, 0.29) is 11.9 Å². The Morgan fingerprint density at radius 3 is 2.43 bits per heavy atom. The van der Waals surface area contributed by atoms with E-state index >= 15 is 0 Å². The molecule has 1 aromatic heterocycles. The summed E-state index contributed by atoms with van der Waals surface area (Å²) in [6.07, 6.45) is -0.00858. The van der Waals surface area contributed by atoms with E-state index < -0.39 is 11.7 Å². The van der Waals surface area contributed by atoms with Crippen LogP contribution in [0.25, 0.3) is 0 Å². The number of alkyl halides is 3. The van der Waals surface area contributed by atoms with Crippen LogP contribution in [-0.4, -0.2) is 17.6 Å². The lowest BCUT2D eigenvalue weighted by Gasteiger charge is -2.19. The number of rotatable bonds is 7. The van der Waals surface area contributed by atoms with Crippen molar-refractivity contribution in [1.29, 1.82) is 0 Å². The van der Waals surface area contributed by atoms with Crippen LogP contribution >= 0.6 is 0 Å². The maximum atomic E-state index is 12.9. The van der Waals surface area contributed by atoms with E-state index in [2.05, 4.69) is 15.6 Å². The molecule has 1 aliphatic rings. The molecule has 2 rings (SSSR count). The summed E-state index contributed by atoms with van der Waals surface area (Å²) >= 11 is 0. The van der Waals surface area contributed by atoms with Crippen molar-refractivity contribution in [2.24, 2.45) is 5.92 Å². The van der Waals surface area contributed by atoms with E-state index in [1.54, 1.807) is 0 Å².